The van der Waals surface area contributed by atoms with Gasteiger partial charge in [-0.05, 0) is 47.7 Å². The third-order valence-corrected chi connectivity index (χ3v) is 5.02. The van der Waals surface area contributed by atoms with E-state index in [9.17, 15) is 14.4 Å². The molecule has 0 unspecified atom stereocenters. The smallest absolute Gasteiger partial charge is 0.293 e. The van der Waals surface area contributed by atoms with Crippen molar-refractivity contribution in [3.8, 4) is 0 Å². The van der Waals surface area contributed by atoms with Crippen LogP contribution in [0.5, 0.6) is 0 Å². The molecule has 3 amide bonds. The Morgan fingerprint density at radius 3 is 2.63 bits per heavy atom. The molecule has 0 bridgehead atoms. The summed E-state index contributed by atoms with van der Waals surface area (Å²) in [6, 6.07) is 9.89. The Labute approximate surface area is 169 Å². The van der Waals surface area contributed by atoms with Crippen molar-refractivity contribution in [3.05, 3.63) is 68.8 Å². The van der Waals surface area contributed by atoms with Gasteiger partial charge in [-0.1, -0.05) is 35.3 Å². The average molecular weight is 422 g/mol. The van der Waals surface area contributed by atoms with Gasteiger partial charge in [-0.25, -0.2) is 4.98 Å². The largest absolute Gasteiger partial charge is 0.350 e. The molecule has 2 heterocycles. The zero-order chi connectivity index (χ0) is 19.4. The molecule has 0 atom stereocenters. The molecular weight excluding hydrogens is 409 g/mol. The number of carbonyl (C=O) groups is 3. The molecule has 1 aromatic heterocycles. The number of imide groups is 1. The molecule has 1 aliphatic heterocycles. The van der Waals surface area contributed by atoms with Crippen LogP contribution in [0.2, 0.25) is 10.2 Å². The minimum Gasteiger partial charge on any atom is -0.350 e. The van der Waals surface area contributed by atoms with Gasteiger partial charge in [0.1, 0.15) is 5.15 Å². The lowest BCUT2D eigenvalue weighted by molar-refractivity contribution is -0.122. The van der Waals surface area contributed by atoms with E-state index in [4.69, 9.17) is 23.2 Å². The Morgan fingerprint density at radius 2 is 1.93 bits per heavy atom. The third-order valence-electron chi connectivity index (χ3n) is 3.65. The molecule has 0 radical (unpaired) electrons. The Kier molecular flexibility index (Phi) is 6.15. The fraction of sp³-hybridized carbons (Fsp3) is 0.111. The van der Waals surface area contributed by atoms with Crippen LogP contribution in [-0.2, 0) is 4.79 Å². The molecule has 138 valence electrons. The highest BCUT2D eigenvalue weighted by molar-refractivity contribution is 8.18. The van der Waals surface area contributed by atoms with Gasteiger partial charge in [0.05, 0.1) is 4.91 Å². The van der Waals surface area contributed by atoms with Crippen LogP contribution >= 0.6 is 35.0 Å². The Hall–Kier alpha value is -2.35. The van der Waals surface area contributed by atoms with E-state index in [0.29, 0.717) is 15.5 Å². The van der Waals surface area contributed by atoms with Crippen molar-refractivity contribution in [1.82, 2.24) is 15.2 Å². The molecule has 1 fully saturated rings. The number of hydrogen-bond donors (Lipinski definition) is 1. The SMILES string of the molecule is O=C(NCCN1C(=O)S/C(=C\c2ccc(Cl)cc2)C1=O)c1ccnc(Cl)c1. The van der Waals surface area contributed by atoms with Crippen LogP contribution in [0.25, 0.3) is 6.08 Å². The summed E-state index contributed by atoms with van der Waals surface area (Å²) in [4.78, 5) is 41.8. The molecule has 1 aliphatic rings. The van der Waals surface area contributed by atoms with E-state index < -0.39 is 0 Å². The summed E-state index contributed by atoms with van der Waals surface area (Å²) >= 11 is 12.5. The van der Waals surface area contributed by atoms with Crippen LogP contribution in [0, 0.1) is 0 Å². The summed E-state index contributed by atoms with van der Waals surface area (Å²) in [6.07, 6.45) is 3.06. The van der Waals surface area contributed by atoms with Crippen molar-refractivity contribution in [2.45, 2.75) is 0 Å². The molecular formula is C18H13Cl2N3O3S. The fourth-order valence-electron chi connectivity index (χ4n) is 2.33. The number of halogens is 2. The van der Waals surface area contributed by atoms with Crippen LogP contribution in [0.15, 0.2) is 47.5 Å². The molecule has 1 N–H and O–H groups in total. The first-order valence-corrected chi connectivity index (χ1v) is 9.42. The van der Waals surface area contributed by atoms with Crippen molar-refractivity contribution in [3.63, 3.8) is 0 Å². The number of benzene rings is 1. The van der Waals surface area contributed by atoms with Gasteiger partial charge in [0, 0.05) is 29.9 Å². The maximum atomic E-state index is 12.4. The van der Waals surface area contributed by atoms with Gasteiger partial charge in [0.2, 0.25) is 0 Å². The van der Waals surface area contributed by atoms with Crippen LogP contribution in [0.4, 0.5) is 4.79 Å². The second-order valence-electron chi connectivity index (χ2n) is 5.51. The molecule has 6 nitrogen and oxygen atoms in total. The molecule has 0 spiro atoms. The number of carbonyl (C=O) groups excluding carboxylic acids is 3. The molecule has 0 saturated carbocycles. The van der Waals surface area contributed by atoms with Gasteiger partial charge in [-0.2, -0.15) is 0 Å². The van der Waals surface area contributed by atoms with Crippen molar-refractivity contribution in [2.75, 3.05) is 13.1 Å². The van der Waals surface area contributed by atoms with Crippen molar-refractivity contribution < 1.29 is 14.4 Å². The van der Waals surface area contributed by atoms with E-state index in [1.165, 1.54) is 18.3 Å². The number of nitrogens with one attached hydrogen (secondary N) is 1. The fourth-order valence-corrected chi connectivity index (χ4v) is 3.50. The van der Waals surface area contributed by atoms with E-state index in [2.05, 4.69) is 10.3 Å². The number of aromatic nitrogens is 1. The third kappa shape index (κ3) is 4.88. The summed E-state index contributed by atoms with van der Waals surface area (Å²) < 4.78 is 0. The topological polar surface area (TPSA) is 79.4 Å². The monoisotopic (exact) mass is 421 g/mol. The highest BCUT2D eigenvalue weighted by Gasteiger charge is 2.34. The van der Waals surface area contributed by atoms with Crippen molar-refractivity contribution in [1.29, 1.82) is 0 Å². The van der Waals surface area contributed by atoms with Crippen LogP contribution in [0.1, 0.15) is 15.9 Å². The highest BCUT2D eigenvalue weighted by Crippen LogP contribution is 2.32. The van der Waals surface area contributed by atoms with E-state index in [1.54, 1.807) is 30.3 Å². The predicted molar refractivity (Wildman–Crippen MR) is 106 cm³/mol. The van der Waals surface area contributed by atoms with Gasteiger partial charge in [-0.3, -0.25) is 19.3 Å². The second-order valence-corrected chi connectivity index (χ2v) is 7.32. The average Bonchev–Trinajstić information content (AvgIpc) is 2.91. The zero-order valence-corrected chi connectivity index (χ0v) is 16.1. The number of nitrogens with zero attached hydrogens (tertiary/aromatic N) is 2. The Balaban J connectivity index is 1.59. The minimum absolute atomic E-state index is 0.0766. The van der Waals surface area contributed by atoms with E-state index in [0.717, 1.165) is 22.2 Å². The first-order valence-electron chi connectivity index (χ1n) is 7.85. The second kappa shape index (κ2) is 8.56. The first kappa shape index (κ1) is 19.4. The predicted octanol–water partition coefficient (Wildman–Crippen LogP) is 3.85. The lowest BCUT2D eigenvalue weighted by Gasteiger charge is -2.13. The lowest BCUT2D eigenvalue weighted by Crippen LogP contribution is -2.37. The van der Waals surface area contributed by atoms with Gasteiger partial charge < -0.3 is 5.32 Å². The standard InChI is InChI=1S/C18H13Cl2N3O3S/c19-13-3-1-11(2-4-13)9-14-17(25)23(18(26)27-14)8-7-22-16(24)12-5-6-21-15(20)10-12/h1-6,9-10H,7-8H2,(H,22,24)/b14-9-. The lowest BCUT2D eigenvalue weighted by atomic mass is 10.2. The highest BCUT2D eigenvalue weighted by atomic mass is 35.5. The summed E-state index contributed by atoms with van der Waals surface area (Å²) in [6.45, 7) is 0.207. The van der Waals surface area contributed by atoms with Crippen LogP contribution < -0.4 is 5.32 Å². The minimum atomic E-state index is -0.388. The van der Waals surface area contributed by atoms with Crippen molar-refractivity contribution in [2.24, 2.45) is 0 Å². The van der Waals surface area contributed by atoms with Gasteiger partial charge >= 0.3 is 0 Å². The van der Waals surface area contributed by atoms with Crippen molar-refractivity contribution >= 4 is 58.1 Å². The number of pyridine rings is 1. The maximum absolute atomic E-state index is 12.4. The maximum Gasteiger partial charge on any atom is 0.293 e. The van der Waals surface area contributed by atoms with Crippen LogP contribution in [-0.4, -0.2) is 40.0 Å². The number of amides is 3. The molecule has 3 rings (SSSR count). The van der Waals surface area contributed by atoms with Gasteiger partial charge in [-0.15, -0.1) is 0 Å². The molecule has 27 heavy (non-hydrogen) atoms. The van der Waals surface area contributed by atoms with E-state index in [1.807, 2.05) is 0 Å². The zero-order valence-electron chi connectivity index (χ0n) is 13.8. The Bertz CT molecular complexity index is 932. The summed E-state index contributed by atoms with van der Waals surface area (Å²) in [5.41, 5.74) is 1.12. The molecule has 1 aromatic carbocycles. The summed E-state index contributed by atoms with van der Waals surface area (Å²) in [5, 5.41) is 3.07. The van der Waals surface area contributed by atoms with Gasteiger partial charge in [0.25, 0.3) is 17.1 Å². The summed E-state index contributed by atoms with van der Waals surface area (Å²) in [7, 11) is 0. The number of hydrogen-bond acceptors (Lipinski definition) is 5. The molecule has 0 aliphatic carbocycles. The molecule has 1 saturated heterocycles. The normalized spacial score (nSPS) is 15.5. The summed E-state index contributed by atoms with van der Waals surface area (Å²) in [5.74, 6) is -0.746. The van der Waals surface area contributed by atoms with E-state index in [-0.39, 0.29) is 35.3 Å². The van der Waals surface area contributed by atoms with Crippen LogP contribution in [0.3, 0.4) is 0 Å². The quantitative estimate of drug-likeness (QED) is 0.585. The Morgan fingerprint density at radius 1 is 1.19 bits per heavy atom. The van der Waals surface area contributed by atoms with E-state index >= 15 is 0 Å². The molecule has 2 aromatic rings. The first-order chi connectivity index (χ1) is 12.9. The van der Waals surface area contributed by atoms with Gasteiger partial charge in [0.15, 0.2) is 0 Å². The molecule has 9 heteroatoms. The number of thioether (sulfide) groups is 1. The number of rotatable bonds is 5.